The fraction of sp³-hybridized carbons (Fsp3) is 0.268. The molecule has 0 spiro atoms. The van der Waals surface area contributed by atoms with E-state index in [1.807, 2.05) is 20.8 Å². The van der Waals surface area contributed by atoms with E-state index in [-0.39, 0.29) is 116 Å². The first-order valence-corrected chi connectivity index (χ1v) is 44.2. The molecule has 129 heavy (non-hydrogen) atoms. The van der Waals surface area contributed by atoms with Crippen LogP contribution in [0.5, 0.6) is 0 Å². The molecule has 0 aliphatic rings. The lowest BCUT2D eigenvalue weighted by atomic mass is 10.0. The molecular formula is C123H140N6. The largest absolute Gasteiger partial charge is 0.335 e. The molecule has 0 saturated carbocycles. The topological polar surface area (TPSA) is 29.6 Å². The van der Waals surface area contributed by atoms with Crippen LogP contribution in [0.2, 0.25) is 0 Å². The summed E-state index contributed by atoms with van der Waals surface area (Å²) in [5.74, 6) is 0. The van der Waals surface area contributed by atoms with E-state index in [1.54, 1.807) is 11.5 Å². The van der Waals surface area contributed by atoms with Crippen molar-refractivity contribution in [3.05, 3.63) is 361 Å². The molecular weight excluding hydrogens is 1560 g/mol. The van der Waals surface area contributed by atoms with Gasteiger partial charge in [0.15, 0.2) is 0 Å². The van der Waals surface area contributed by atoms with E-state index in [1.165, 1.54) is 165 Å². The van der Waals surface area contributed by atoms with Crippen molar-refractivity contribution in [3.63, 3.8) is 0 Å². The van der Waals surface area contributed by atoms with Gasteiger partial charge in [-0.05, 0) is 234 Å². The van der Waals surface area contributed by atoms with Crippen molar-refractivity contribution in [1.29, 1.82) is 0 Å². The van der Waals surface area contributed by atoms with Gasteiger partial charge in [-0.3, -0.25) is 0 Å². The van der Waals surface area contributed by atoms with E-state index < -0.39 is 5.54 Å². The lowest BCUT2D eigenvalue weighted by molar-refractivity contribution is 0.422. The van der Waals surface area contributed by atoms with E-state index in [9.17, 15) is 0 Å². The number of aromatic nitrogens is 6. The molecule has 0 bridgehead atoms. The normalized spacial score (nSPS) is 12.7. The maximum atomic E-state index is 8.49. The smallest absolute Gasteiger partial charge is 0.0648 e. The second-order valence-electron chi connectivity index (χ2n) is 39.6. The van der Waals surface area contributed by atoms with Crippen LogP contribution in [0.1, 0.15) is 192 Å². The lowest BCUT2D eigenvalue weighted by Crippen LogP contribution is -2.22. The van der Waals surface area contributed by atoms with Crippen LogP contribution in [0, 0.1) is 34.6 Å². The highest BCUT2D eigenvalue weighted by atomic mass is 15.1. The van der Waals surface area contributed by atoms with Gasteiger partial charge in [-0.1, -0.05) is 333 Å². The van der Waals surface area contributed by atoms with Gasteiger partial charge in [-0.2, -0.15) is 0 Å². The molecule has 15 aromatic carbocycles. The summed E-state index contributed by atoms with van der Waals surface area (Å²) in [6.07, 6.45) is 0. The standard InChI is InChI=1S/C28H25N.C22H21N.2C18H21N.C17H19N.C16H17N.4CH4/c1-28(2,3)29-26-22(20-12-6-4-7-13-20)16-10-18-24(26)25-19-11-17-23(27(25)29)21-14-8-5-9-15-21;1-22(2,3)23-20-15-8-7-12-18(20)19-14-9-13-17(21(19)23)16-10-5-4-6-11-16;2*1-12-8-6-10-14-15-11-7-9-13(2)17(15)19(16(12)14)18(3,4)5;1-12-9-10-14-13-7-5-6-8-15(13)18(16(14)11-12)17(2,3)4;1-16(2,3)17-14-10-6-4-8-12(14)13-9-5-7-11-15(13)17;;;;/h4-19H,1-3H3;4-15H,1-3H3;2*6-11H,1-5H3;5-11H,1-4H3;4-11H,1-3H3;4*1H4/i;;;;5D,6D,7D,8D,9D,10D,11D;;;;;. The Morgan fingerprint density at radius 1 is 0.186 bits per heavy atom. The van der Waals surface area contributed by atoms with Gasteiger partial charge in [-0.25, -0.2) is 0 Å². The summed E-state index contributed by atoms with van der Waals surface area (Å²) in [5, 5.41) is 13.9. The summed E-state index contributed by atoms with van der Waals surface area (Å²) in [4.78, 5) is 0. The molecule has 0 aliphatic heterocycles. The number of hydrogen-bond donors (Lipinski definition) is 0. The zero-order valence-electron chi connectivity index (χ0n) is 84.4. The predicted octanol–water partition coefficient (Wildman–Crippen LogP) is 36.4. The van der Waals surface area contributed by atoms with Crippen LogP contribution in [0.15, 0.2) is 333 Å². The zero-order valence-corrected chi connectivity index (χ0v) is 77.4. The molecule has 6 aromatic heterocycles. The van der Waals surface area contributed by atoms with Crippen LogP contribution < -0.4 is 0 Å². The number of aryl methyl sites for hydroxylation is 4. The minimum absolute atomic E-state index is 0. The zero-order chi connectivity index (χ0) is 94.7. The van der Waals surface area contributed by atoms with Crippen LogP contribution in [0.3, 0.4) is 0 Å². The summed E-state index contributed by atoms with van der Waals surface area (Å²) < 4.78 is 71.8. The number of fused-ring (bicyclic) bond motifs is 18. The minimum Gasteiger partial charge on any atom is -0.335 e. The molecule has 0 fully saturated rings. The molecule has 0 N–H and O–H groups in total. The first-order chi connectivity index (χ1) is 62.4. The highest BCUT2D eigenvalue weighted by Gasteiger charge is 2.30. The molecule has 0 saturated heterocycles. The third kappa shape index (κ3) is 18.0. The molecule has 0 radical (unpaired) electrons. The van der Waals surface area contributed by atoms with Gasteiger partial charge in [0.25, 0.3) is 0 Å². The summed E-state index contributed by atoms with van der Waals surface area (Å²) in [5.41, 5.74) is 27.1. The van der Waals surface area contributed by atoms with E-state index in [0.29, 0.717) is 11.1 Å². The molecule has 662 valence electrons. The van der Waals surface area contributed by atoms with Crippen molar-refractivity contribution in [2.24, 2.45) is 0 Å². The summed E-state index contributed by atoms with van der Waals surface area (Å²) in [6, 6.07) is 103. The van der Waals surface area contributed by atoms with Gasteiger partial charge in [0.1, 0.15) is 0 Å². The molecule has 21 aromatic rings. The number of nitrogens with zero attached hydrogens (tertiary/aromatic N) is 6. The Kier molecular flexibility index (Phi) is 24.6. The van der Waals surface area contributed by atoms with Crippen LogP contribution in [-0.4, -0.2) is 27.4 Å². The Balaban J connectivity index is 0.000000147. The highest BCUT2D eigenvalue weighted by molar-refractivity contribution is 6.18. The molecule has 0 unspecified atom stereocenters. The van der Waals surface area contributed by atoms with Gasteiger partial charge in [-0.15, -0.1) is 0 Å². The minimum atomic E-state index is -0.573. The van der Waals surface area contributed by atoms with E-state index >= 15 is 0 Å². The Morgan fingerprint density at radius 2 is 0.419 bits per heavy atom. The molecule has 6 heterocycles. The van der Waals surface area contributed by atoms with Gasteiger partial charge < -0.3 is 27.4 Å². The monoisotopic (exact) mass is 1710 g/mol. The van der Waals surface area contributed by atoms with Gasteiger partial charge in [0.2, 0.25) is 0 Å². The average molecular weight is 1710 g/mol. The Hall–Kier alpha value is -12.9. The lowest BCUT2D eigenvalue weighted by Gasteiger charge is -2.26. The number of hydrogen-bond acceptors (Lipinski definition) is 0. The summed E-state index contributed by atoms with van der Waals surface area (Å²) in [7, 11) is 0. The quantitative estimate of drug-likeness (QED) is 0.169. The third-order valence-electron chi connectivity index (χ3n) is 24.1. The predicted molar refractivity (Wildman–Crippen MR) is 574 cm³/mol. The van der Waals surface area contributed by atoms with Gasteiger partial charge >= 0.3 is 0 Å². The summed E-state index contributed by atoms with van der Waals surface area (Å²) in [6.45, 7) is 50.3. The Labute approximate surface area is 780 Å². The van der Waals surface area contributed by atoms with Crippen molar-refractivity contribution in [2.45, 2.75) is 222 Å². The van der Waals surface area contributed by atoms with E-state index in [4.69, 9.17) is 9.60 Å². The highest BCUT2D eigenvalue weighted by Crippen LogP contribution is 2.46. The third-order valence-corrected chi connectivity index (χ3v) is 24.1. The van der Waals surface area contributed by atoms with E-state index in [2.05, 4.69) is 446 Å². The Morgan fingerprint density at radius 3 is 0.744 bits per heavy atom. The van der Waals surface area contributed by atoms with Crippen molar-refractivity contribution in [1.82, 2.24) is 27.4 Å². The first-order valence-electron chi connectivity index (χ1n) is 47.7. The molecule has 21 rings (SSSR count). The molecule has 0 aliphatic carbocycles. The van der Waals surface area contributed by atoms with Crippen molar-refractivity contribution in [3.8, 4) is 33.4 Å². The van der Waals surface area contributed by atoms with Crippen LogP contribution in [0.4, 0.5) is 0 Å². The van der Waals surface area contributed by atoms with Crippen LogP contribution in [-0.2, 0) is 33.2 Å². The molecule has 6 heteroatoms. The first kappa shape index (κ1) is 85.5. The second-order valence-corrected chi connectivity index (χ2v) is 39.6. The fourth-order valence-electron chi connectivity index (χ4n) is 19.2. The summed E-state index contributed by atoms with van der Waals surface area (Å²) >= 11 is 0. The number of benzene rings is 15. The van der Waals surface area contributed by atoms with E-state index in [0.717, 1.165) is 0 Å². The Bertz CT molecular complexity index is 7530. The molecule has 6 nitrogen and oxygen atoms in total. The average Bonchev–Trinajstić information content (AvgIpc) is 1.54. The fourth-order valence-corrected chi connectivity index (χ4v) is 19.2. The van der Waals surface area contributed by atoms with Crippen LogP contribution >= 0.6 is 0 Å². The van der Waals surface area contributed by atoms with Gasteiger partial charge in [0, 0.05) is 142 Å². The number of para-hydroxylation sites is 11. The SMILES string of the molecule is C.C.C.C.CC(C)(C)n1c2c(-c3ccccc3)cccc2c2cccc(-c3ccccc3)c21.CC(C)(C)n1c2ccccc2c2cccc(-c3ccccc3)c21.CC(C)(C)n1c2ccccc2c2ccccc21.Cc1cccc2c3cccc(C)c3n(C(C)(C)C)c12.Cc1cccc2c3cccc(C)c3n(C(C)(C)C)c12.[2H]c1c([2H])c([2H])c2c(c1[2H])c1c([2H])c([2H])c(C)c([2H])c1n2C(C)(C)C. The van der Waals surface area contributed by atoms with Crippen molar-refractivity contribution < 1.29 is 9.60 Å². The van der Waals surface area contributed by atoms with Crippen LogP contribution in [0.25, 0.3) is 164 Å². The molecule has 0 atom stereocenters. The number of rotatable bonds is 3. The maximum Gasteiger partial charge on any atom is 0.0648 e. The molecule has 0 amide bonds. The van der Waals surface area contributed by atoms with Crippen molar-refractivity contribution in [2.75, 3.05) is 0 Å². The maximum absolute atomic E-state index is 8.49. The van der Waals surface area contributed by atoms with Gasteiger partial charge in [0.05, 0.1) is 48.2 Å². The van der Waals surface area contributed by atoms with Crippen molar-refractivity contribution >= 4 is 131 Å². The second kappa shape index (κ2) is 37.1.